The third-order valence-electron chi connectivity index (χ3n) is 5.48. The first-order valence-corrected chi connectivity index (χ1v) is 7.78. The number of nitrogens with zero attached hydrogens (tertiary/aromatic N) is 1. The molecule has 22 heavy (non-hydrogen) atoms. The predicted octanol–water partition coefficient (Wildman–Crippen LogP) is 3.07. The quantitative estimate of drug-likeness (QED) is 0.788. The first-order chi connectivity index (χ1) is 10.2. The second-order valence-corrected chi connectivity index (χ2v) is 7.37. The third-order valence-corrected chi connectivity index (χ3v) is 5.48. The lowest BCUT2D eigenvalue weighted by atomic mass is 9.65. The second kappa shape index (κ2) is 4.81. The molecule has 5 heteroatoms. The van der Waals surface area contributed by atoms with E-state index in [4.69, 9.17) is 9.31 Å². The lowest BCUT2D eigenvalue weighted by molar-refractivity contribution is 0.00578. The molecule has 3 nitrogen and oxygen atoms in total. The number of halogens is 1. The van der Waals surface area contributed by atoms with Crippen molar-refractivity contribution in [3.63, 3.8) is 0 Å². The molecule has 116 valence electrons. The molecule has 1 aliphatic carbocycles. The van der Waals surface area contributed by atoms with Gasteiger partial charge in [0.1, 0.15) is 5.82 Å². The molecule has 0 amide bonds. The second-order valence-electron chi connectivity index (χ2n) is 7.37. The topological polar surface area (TPSA) is 42.2 Å². The van der Waals surface area contributed by atoms with Gasteiger partial charge in [-0.2, -0.15) is 5.26 Å². The van der Waals surface area contributed by atoms with Crippen molar-refractivity contribution in [2.24, 2.45) is 0 Å². The number of rotatable bonds is 2. The summed E-state index contributed by atoms with van der Waals surface area (Å²) in [7, 11) is -0.710. The van der Waals surface area contributed by atoms with Gasteiger partial charge in [0.05, 0.1) is 22.7 Å². The normalized spacial score (nSPS) is 24.6. The lowest BCUT2D eigenvalue weighted by Crippen LogP contribution is -2.41. The highest BCUT2D eigenvalue weighted by Gasteiger charge is 2.52. The Labute approximate surface area is 131 Å². The summed E-state index contributed by atoms with van der Waals surface area (Å²) >= 11 is 0. The molecule has 1 saturated carbocycles. The van der Waals surface area contributed by atoms with Crippen molar-refractivity contribution >= 4 is 12.6 Å². The van der Waals surface area contributed by atoms with Crippen LogP contribution < -0.4 is 5.46 Å². The summed E-state index contributed by atoms with van der Waals surface area (Å²) in [4.78, 5) is 0. The molecule has 0 aromatic heterocycles. The van der Waals surface area contributed by atoms with Crippen LogP contribution in [0.3, 0.4) is 0 Å². The first kappa shape index (κ1) is 15.5. The van der Waals surface area contributed by atoms with Crippen LogP contribution in [0.4, 0.5) is 4.39 Å². The maximum Gasteiger partial charge on any atom is 0.497 e. The van der Waals surface area contributed by atoms with Crippen LogP contribution in [0.2, 0.25) is 0 Å². The number of nitriles is 1. The highest BCUT2D eigenvalue weighted by molar-refractivity contribution is 6.62. The van der Waals surface area contributed by atoms with E-state index in [2.05, 4.69) is 6.07 Å². The summed E-state index contributed by atoms with van der Waals surface area (Å²) in [6, 6.07) is 7.36. The van der Waals surface area contributed by atoms with Gasteiger partial charge in [0.15, 0.2) is 0 Å². The molecule has 3 rings (SSSR count). The molecule has 1 heterocycles. The molecule has 0 bridgehead atoms. The zero-order valence-corrected chi connectivity index (χ0v) is 13.6. The van der Waals surface area contributed by atoms with E-state index in [0.29, 0.717) is 5.46 Å². The molecule has 0 atom stereocenters. The molecule has 1 aliphatic heterocycles. The molecular formula is C17H21BFNO2. The van der Waals surface area contributed by atoms with Gasteiger partial charge in [-0.3, -0.25) is 0 Å². The smallest absolute Gasteiger partial charge is 0.399 e. The van der Waals surface area contributed by atoms with Gasteiger partial charge in [-0.15, -0.1) is 0 Å². The maximum atomic E-state index is 14.6. The Morgan fingerprint density at radius 2 is 1.73 bits per heavy atom. The number of hydrogen-bond donors (Lipinski definition) is 0. The molecule has 1 saturated heterocycles. The van der Waals surface area contributed by atoms with Crippen LogP contribution >= 0.6 is 0 Å². The molecule has 1 aromatic carbocycles. The minimum absolute atomic E-state index is 0.363. The highest BCUT2D eigenvalue weighted by Crippen LogP contribution is 2.43. The fraction of sp³-hybridized carbons (Fsp3) is 0.588. The lowest BCUT2D eigenvalue weighted by Gasteiger charge is -2.35. The van der Waals surface area contributed by atoms with E-state index in [0.717, 1.165) is 24.8 Å². The van der Waals surface area contributed by atoms with Crippen LogP contribution in [0.1, 0.15) is 52.5 Å². The maximum absolute atomic E-state index is 14.6. The first-order valence-electron chi connectivity index (χ1n) is 7.78. The molecular weight excluding hydrogens is 280 g/mol. The van der Waals surface area contributed by atoms with Crippen molar-refractivity contribution in [2.75, 3.05) is 0 Å². The monoisotopic (exact) mass is 301 g/mol. The Balaban J connectivity index is 1.90. The number of hydrogen-bond acceptors (Lipinski definition) is 3. The molecule has 0 radical (unpaired) electrons. The summed E-state index contributed by atoms with van der Waals surface area (Å²) in [6.07, 6.45) is 2.63. The third kappa shape index (κ3) is 2.17. The van der Waals surface area contributed by atoms with Gasteiger partial charge in [-0.1, -0.05) is 12.1 Å². The molecule has 1 aromatic rings. The van der Waals surface area contributed by atoms with Crippen molar-refractivity contribution in [2.45, 2.75) is 63.6 Å². The molecule has 0 N–H and O–H groups in total. The van der Waals surface area contributed by atoms with Gasteiger partial charge < -0.3 is 9.31 Å². The Bertz CT molecular complexity index is 631. The van der Waals surface area contributed by atoms with Crippen LogP contribution in [-0.2, 0) is 14.7 Å². The van der Waals surface area contributed by atoms with Crippen LogP contribution in [0.25, 0.3) is 0 Å². The summed E-state index contributed by atoms with van der Waals surface area (Å²) in [5.41, 5.74) is -0.335. The predicted molar refractivity (Wildman–Crippen MR) is 83.3 cm³/mol. The zero-order valence-electron chi connectivity index (χ0n) is 13.6. The van der Waals surface area contributed by atoms with Crippen molar-refractivity contribution in [3.05, 3.63) is 29.6 Å². The summed E-state index contributed by atoms with van der Waals surface area (Å²) in [5.74, 6) is -0.363. The Morgan fingerprint density at radius 3 is 2.14 bits per heavy atom. The Morgan fingerprint density at radius 1 is 1.14 bits per heavy atom. The standard InChI is InChI=1S/C17H21BFNO2/c1-15(2)16(3,4)22-18(21-15)13-7-6-12(10-14(13)19)17(11-20)8-5-9-17/h6-7,10H,5,8-9H2,1-4H3. The van der Waals surface area contributed by atoms with Gasteiger partial charge in [0, 0.05) is 5.46 Å². The van der Waals surface area contributed by atoms with Gasteiger partial charge in [-0.25, -0.2) is 4.39 Å². The van der Waals surface area contributed by atoms with Crippen LogP contribution in [-0.4, -0.2) is 18.3 Å². The minimum Gasteiger partial charge on any atom is -0.399 e. The summed E-state index contributed by atoms with van der Waals surface area (Å²) in [5, 5.41) is 9.38. The van der Waals surface area contributed by atoms with Crippen LogP contribution in [0.15, 0.2) is 18.2 Å². The fourth-order valence-corrected chi connectivity index (χ4v) is 2.98. The van der Waals surface area contributed by atoms with Gasteiger partial charge >= 0.3 is 7.12 Å². The van der Waals surface area contributed by atoms with Crippen molar-refractivity contribution in [1.82, 2.24) is 0 Å². The van der Waals surface area contributed by atoms with E-state index >= 15 is 0 Å². The van der Waals surface area contributed by atoms with E-state index < -0.39 is 23.7 Å². The highest BCUT2D eigenvalue weighted by atomic mass is 19.1. The van der Waals surface area contributed by atoms with Gasteiger partial charge in [0.2, 0.25) is 0 Å². The summed E-state index contributed by atoms with van der Waals surface area (Å²) < 4.78 is 26.4. The van der Waals surface area contributed by atoms with Gasteiger partial charge in [-0.05, 0) is 58.6 Å². The molecule has 2 aliphatic rings. The zero-order chi connectivity index (χ0) is 16.2. The van der Waals surface area contributed by atoms with E-state index in [1.807, 2.05) is 33.8 Å². The van der Waals surface area contributed by atoms with Crippen LogP contribution in [0, 0.1) is 17.1 Å². The van der Waals surface area contributed by atoms with Gasteiger partial charge in [0.25, 0.3) is 0 Å². The van der Waals surface area contributed by atoms with Crippen molar-refractivity contribution in [1.29, 1.82) is 5.26 Å². The van der Waals surface area contributed by atoms with E-state index in [-0.39, 0.29) is 5.82 Å². The van der Waals surface area contributed by atoms with Crippen molar-refractivity contribution < 1.29 is 13.7 Å². The molecule has 2 fully saturated rings. The van der Waals surface area contributed by atoms with E-state index in [1.54, 1.807) is 6.07 Å². The SMILES string of the molecule is CC1(C)OB(c2ccc(C3(C#N)CCC3)cc2F)OC1(C)C. The average molecular weight is 301 g/mol. The average Bonchev–Trinajstić information content (AvgIpc) is 2.57. The Kier molecular flexibility index (Phi) is 3.39. The van der Waals surface area contributed by atoms with Crippen molar-refractivity contribution in [3.8, 4) is 6.07 Å². The van der Waals surface area contributed by atoms with E-state index in [1.165, 1.54) is 6.07 Å². The fourth-order valence-electron chi connectivity index (χ4n) is 2.98. The molecule has 0 spiro atoms. The van der Waals surface area contributed by atoms with E-state index in [9.17, 15) is 9.65 Å². The van der Waals surface area contributed by atoms with Crippen LogP contribution in [0.5, 0.6) is 0 Å². The number of benzene rings is 1. The minimum atomic E-state index is -0.710. The largest absolute Gasteiger partial charge is 0.497 e. The molecule has 0 unspecified atom stereocenters. The Hall–Kier alpha value is -1.38. The summed E-state index contributed by atoms with van der Waals surface area (Å²) in [6.45, 7) is 7.77.